The third kappa shape index (κ3) is 1.65. The molecule has 1 aliphatic rings. The molecule has 0 aromatic heterocycles. The predicted molar refractivity (Wildman–Crippen MR) is 45.1 cm³/mol. The molecule has 1 rings (SSSR count). The van der Waals surface area contributed by atoms with Gasteiger partial charge in [-0.1, -0.05) is 0 Å². The molecule has 2 nitrogen and oxygen atoms in total. The summed E-state index contributed by atoms with van der Waals surface area (Å²) < 4.78 is 0. The smallest absolute Gasteiger partial charge is 0.0661 e. The van der Waals surface area contributed by atoms with Crippen LogP contribution in [0.1, 0.15) is 12.8 Å². The Bertz CT molecular complexity index is 110. The second-order valence-electron chi connectivity index (χ2n) is 2.91. The summed E-state index contributed by atoms with van der Waals surface area (Å²) >= 11 is 1.75. The number of thioether (sulfide) groups is 1. The second-order valence-corrected chi connectivity index (χ2v) is 3.99. The number of rotatable bonds is 2. The SMILES string of the molecule is CS[C@@H]1C[C@@H](CN)C[C@H]1O. The van der Waals surface area contributed by atoms with Gasteiger partial charge in [-0.15, -0.1) is 0 Å². The minimum Gasteiger partial charge on any atom is -0.392 e. The molecule has 0 bridgehead atoms. The van der Waals surface area contributed by atoms with Crippen LogP contribution in [0.5, 0.6) is 0 Å². The summed E-state index contributed by atoms with van der Waals surface area (Å²) in [6.45, 7) is 0.730. The van der Waals surface area contributed by atoms with Crippen LogP contribution in [-0.4, -0.2) is 29.3 Å². The van der Waals surface area contributed by atoms with Crippen molar-refractivity contribution in [2.75, 3.05) is 12.8 Å². The Hall–Kier alpha value is 0.270. The van der Waals surface area contributed by atoms with Crippen LogP contribution in [-0.2, 0) is 0 Å². The largest absolute Gasteiger partial charge is 0.392 e. The van der Waals surface area contributed by atoms with Crippen LogP contribution in [0.4, 0.5) is 0 Å². The van der Waals surface area contributed by atoms with E-state index in [-0.39, 0.29) is 6.10 Å². The van der Waals surface area contributed by atoms with E-state index in [2.05, 4.69) is 0 Å². The van der Waals surface area contributed by atoms with E-state index in [1.54, 1.807) is 11.8 Å². The maximum absolute atomic E-state index is 9.41. The van der Waals surface area contributed by atoms with Crippen LogP contribution in [0, 0.1) is 5.92 Å². The zero-order valence-corrected chi connectivity index (χ0v) is 7.10. The van der Waals surface area contributed by atoms with Crippen molar-refractivity contribution in [2.24, 2.45) is 11.7 Å². The molecule has 0 aromatic carbocycles. The molecule has 1 fully saturated rings. The van der Waals surface area contributed by atoms with E-state index in [0.717, 1.165) is 19.4 Å². The summed E-state index contributed by atoms with van der Waals surface area (Å²) in [7, 11) is 0. The molecule has 3 atom stereocenters. The van der Waals surface area contributed by atoms with Crippen LogP contribution in [0.25, 0.3) is 0 Å². The van der Waals surface area contributed by atoms with Crippen LogP contribution in [0.15, 0.2) is 0 Å². The van der Waals surface area contributed by atoms with Gasteiger partial charge in [0.05, 0.1) is 6.10 Å². The number of aliphatic hydroxyl groups is 1. The van der Waals surface area contributed by atoms with Gasteiger partial charge in [-0.05, 0) is 31.6 Å². The van der Waals surface area contributed by atoms with E-state index in [1.807, 2.05) is 6.26 Å². The molecule has 0 aromatic rings. The van der Waals surface area contributed by atoms with Gasteiger partial charge in [-0.25, -0.2) is 0 Å². The number of aliphatic hydroxyl groups excluding tert-OH is 1. The van der Waals surface area contributed by atoms with E-state index < -0.39 is 0 Å². The first-order chi connectivity index (χ1) is 4.77. The van der Waals surface area contributed by atoms with Crippen molar-refractivity contribution >= 4 is 11.8 Å². The fourth-order valence-corrected chi connectivity index (χ4v) is 2.41. The van der Waals surface area contributed by atoms with E-state index in [4.69, 9.17) is 5.73 Å². The van der Waals surface area contributed by atoms with Gasteiger partial charge < -0.3 is 10.8 Å². The summed E-state index contributed by atoms with van der Waals surface area (Å²) in [5.41, 5.74) is 5.49. The van der Waals surface area contributed by atoms with Gasteiger partial charge in [0.25, 0.3) is 0 Å². The summed E-state index contributed by atoms with van der Waals surface area (Å²) in [5.74, 6) is 0.562. The highest BCUT2D eigenvalue weighted by Crippen LogP contribution is 2.32. The monoisotopic (exact) mass is 161 g/mol. The van der Waals surface area contributed by atoms with Crippen molar-refractivity contribution in [3.8, 4) is 0 Å². The summed E-state index contributed by atoms with van der Waals surface area (Å²) in [6.07, 6.45) is 3.94. The lowest BCUT2D eigenvalue weighted by Gasteiger charge is -2.08. The highest BCUT2D eigenvalue weighted by Gasteiger charge is 2.31. The molecule has 0 saturated heterocycles. The Balaban J connectivity index is 2.36. The van der Waals surface area contributed by atoms with E-state index in [1.165, 1.54) is 0 Å². The normalized spacial score (nSPS) is 40.5. The molecular formula is C7H15NOS. The first kappa shape index (κ1) is 8.37. The zero-order chi connectivity index (χ0) is 7.56. The van der Waals surface area contributed by atoms with Gasteiger partial charge in [0.15, 0.2) is 0 Å². The van der Waals surface area contributed by atoms with E-state index >= 15 is 0 Å². The molecule has 0 amide bonds. The Kier molecular flexibility index (Phi) is 3.01. The Morgan fingerprint density at radius 3 is 2.60 bits per heavy atom. The molecule has 3 heteroatoms. The molecule has 3 N–H and O–H groups in total. The molecule has 0 unspecified atom stereocenters. The van der Waals surface area contributed by atoms with Crippen LogP contribution in [0.2, 0.25) is 0 Å². The second kappa shape index (κ2) is 3.60. The Morgan fingerprint density at radius 1 is 1.60 bits per heavy atom. The maximum atomic E-state index is 9.41. The molecule has 0 heterocycles. The van der Waals surface area contributed by atoms with Gasteiger partial charge in [0.2, 0.25) is 0 Å². The molecule has 0 radical (unpaired) electrons. The Labute approximate surface area is 66.2 Å². The van der Waals surface area contributed by atoms with Crippen LogP contribution < -0.4 is 5.73 Å². The van der Waals surface area contributed by atoms with Gasteiger partial charge in [0, 0.05) is 5.25 Å². The average Bonchev–Trinajstić information content (AvgIpc) is 2.30. The lowest BCUT2D eigenvalue weighted by molar-refractivity contribution is 0.182. The molecule has 1 aliphatic carbocycles. The fourth-order valence-electron chi connectivity index (χ4n) is 1.52. The van der Waals surface area contributed by atoms with E-state index in [9.17, 15) is 5.11 Å². The summed E-state index contributed by atoms with van der Waals surface area (Å²) in [6, 6.07) is 0. The topological polar surface area (TPSA) is 46.2 Å². The van der Waals surface area contributed by atoms with E-state index in [0.29, 0.717) is 11.2 Å². The third-order valence-corrected chi connectivity index (χ3v) is 3.32. The summed E-state index contributed by atoms with van der Waals surface area (Å²) in [4.78, 5) is 0. The number of nitrogens with two attached hydrogens (primary N) is 1. The average molecular weight is 161 g/mol. The quantitative estimate of drug-likeness (QED) is 0.618. The van der Waals surface area contributed by atoms with Gasteiger partial charge in [0.1, 0.15) is 0 Å². The standard InChI is InChI=1S/C7H15NOS/c1-10-7-3-5(4-8)2-6(7)9/h5-7,9H,2-4,8H2,1H3/t5-,6+,7+/m0/s1. The fraction of sp³-hybridized carbons (Fsp3) is 1.00. The third-order valence-electron chi connectivity index (χ3n) is 2.21. The summed E-state index contributed by atoms with van der Waals surface area (Å²) in [5, 5.41) is 9.85. The van der Waals surface area contributed by atoms with Gasteiger partial charge >= 0.3 is 0 Å². The highest BCUT2D eigenvalue weighted by molar-refractivity contribution is 7.99. The van der Waals surface area contributed by atoms with Crippen molar-refractivity contribution in [3.63, 3.8) is 0 Å². The van der Waals surface area contributed by atoms with Crippen molar-refractivity contribution in [2.45, 2.75) is 24.2 Å². The van der Waals surface area contributed by atoms with Crippen molar-refractivity contribution in [1.82, 2.24) is 0 Å². The first-order valence-corrected chi connectivity index (χ1v) is 4.97. The minimum atomic E-state index is -0.108. The maximum Gasteiger partial charge on any atom is 0.0661 e. The lowest BCUT2D eigenvalue weighted by atomic mass is 10.1. The Morgan fingerprint density at radius 2 is 2.30 bits per heavy atom. The van der Waals surface area contributed by atoms with Crippen molar-refractivity contribution < 1.29 is 5.11 Å². The van der Waals surface area contributed by atoms with Crippen LogP contribution >= 0.6 is 11.8 Å². The first-order valence-electron chi connectivity index (χ1n) is 3.68. The van der Waals surface area contributed by atoms with Gasteiger partial charge in [-0.3, -0.25) is 0 Å². The molecular weight excluding hydrogens is 146 g/mol. The zero-order valence-electron chi connectivity index (χ0n) is 6.29. The highest BCUT2D eigenvalue weighted by atomic mass is 32.2. The molecule has 0 aliphatic heterocycles. The molecule has 60 valence electrons. The lowest BCUT2D eigenvalue weighted by Crippen LogP contribution is -2.14. The molecule has 0 spiro atoms. The van der Waals surface area contributed by atoms with Crippen LogP contribution in [0.3, 0.4) is 0 Å². The predicted octanol–water partition coefficient (Wildman–Crippen LogP) is 0.448. The molecule has 1 saturated carbocycles. The molecule has 10 heavy (non-hydrogen) atoms. The van der Waals surface area contributed by atoms with Crippen molar-refractivity contribution in [1.29, 1.82) is 0 Å². The van der Waals surface area contributed by atoms with Gasteiger partial charge in [-0.2, -0.15) is 11.8 Å². The number of hydrogen-bond acceptors (Lipinski definition) is 3. The van der Waals surface area contributed by atoms with Crippen molar-refractivity contribution in [3.05, 3.63) is 0 Å². The number of hydrogen-bond donors (Lipinski definition) is 2. The minimum absolute atomic E-state index is 0.108.